The fraction of sp³-hybridized carbons (Fsp3) is 0.800. The van der Waals surface area contributed by atoms with E-state index >= 15 is 0 Å². The van der Waals surface area contributed by atoms with E-state index in [1.807, 2.05) is 0 Å². The van der Waals surface area contributed by atoms with Crippen LogP contribution in [-0.4, -0.2) is 23.0 Å². The van der Waals surface area contributed by atoms with Gasteiger partial charge in [-0.05, 0) is 12.8 Å². The molecule has 0 amide bonds. The van der Waals surface area contributed by atoms with Gasteiger partial charge in [0, 0.05) is 5.75 Å². The van der Waals surface area contributed by atoms with Crippen LogP contribution in [0.2, 0.25) is 0 Å². The van der Waals surface area contributed by atoms with Crippen LogP contribution in [0, 0.1) is 11.3 Å². The molecule has 3 N–H and O–H groups in total. The molecule has 0 aromatic heterocycles. The number of amidine groups is 1. The highest BCUT2D eigenvalue weighted by atomic mass is 32.2. The van der Waals surface area contributed by atoms with Gasteiger partial charge in [0.1, 0.15) is 6.10 Å². The van der Waals surface area contributed by atoms with E-state index in [1.54, 1.807) is 0 Å². The Kier molecular flexibility index (Phi) is 4.94. The van der Waals surface area contributed by atoms with Crippen LogP contribution in [0.1, 0.15) is 32.6 Å². The topological polar surface area (TPSA) is 76.2 Å². The van der Waals surface area contributed by atoms with Gasteiger partial charge in [0.2, 0.25) is 0 Å². The van der Waals surface area contributed by atoms with Crippen molar-refractivity contribution >= 4 is 22.9 Å². The quantitative estimate of drug-likeness (QED) is 0.428. The SMILES string of the molecule is CCCC[C@H]1C[C@H](CSC(=N)N)OC1=O. The second kappa shape index (κ2) is 6.00. The van der Waals surface area contributed by atoms with Gasteiger partial charge >= 0.3 is 5.97 Å². The normalized spacial score (nSPS) is 25.3. The molecule has 0 saturated carbocycles. The molecule has 1 aliphatic heterocycles. The van der Waals surface area contributed by atoms with Crippen LogP contribution in [0.15, 0.2) is 0 Å². The van der Waals surface area contributed by atoms with Crippen molar-refractivity contribution in [3.63, 3.8) is 0 Å². The lowest BCUT2D eigenvalue weighted by molar-refractivity contribution is -0.143. The number of nitrogens with one attached hydrogen (secondary N) is 1. The van der Waals surface area contributed by atoms with Crippen molar-refractivity contribution in [3.05, 3.63) is 0 Å². The van der Waals surface area contributed by atoms with Gasteiger partial charge in [-0.3, -0.25) is 10.2 Å². The minimum atomic E-state index is -0.0717. The average Bonchev–Trinajstić information content (AvgIpc) is 2.53. The van der Waals surface area contributed by atoms with Crippen LogP contribution in [0.25, 0.3) is 0 Å². The molecular formula is C10H18N2O2S. The van der Waals surface area contributed by atoms with E-state index in [-0.39, 0.29) is 23.2 Å². The molecule has 0 radical (unpaired) electrons. The van der Waals surface area contributed by atoms with Crippen molar-refractivity contribution in [2.45, 2.75) is 38.7 Å². The summed E-state index contributed by atoms with van der Waals surface area (Å²) in [4.78, 5) is 11.4. The number of carbonyl (C=O) groups excluding carboxylic acids is 1. The third-order valence-corrected chi connectivity index (χ3v) is 3.34. The highest BCUT2D eigenvalue weighted by Gasteiger charge is 2.33. The van der Waals surface area contributed by atoms with E-state index in [2.05, 4.69) is 6.92 Å². The lowest BCUT2D eigenvalue weighted by Gasteiger charge is -2.06. The monoisotopic (exact) mass is 230 g/mol. The lowest BCUT2D eigenvalue weighted by atomic mass is 9.99. The number of nitrogens with two attached hydrogens (primary N) is 1. The molecule has 0 aromatic rings. The number of hydrogen-bond donors (Lipinski definition) is 2. The van der Waals surface area contributed by atoms with Crippen LogP contribution in [0.3, 0.4) is 0 Å². The van der Waals surface area contributed by atoms with Crippen LogP contribution in [0.5, 0.6) is 0 Å². The predicted molar refractivity (Wildman–Crippen MR) is 61.9 cm³/mol. The Morgan fingerprint density at radius 3 is 3.07 bits per heavy atom. The summed E-state index contributed by atoms with van der Waals surface area (Å²) in [6, 6.07) is 0. The number of hydrogen-bond acceptors (Lipinski definition) is 4. The molecule has 0 aromatic carbocycles. The molecule has 2 atom stereocenters. The standard InChI is InChI=1S/C10H18N2O2S/c1-2-3-4-7-5-8(14-9(7)13)6-15-10(11)12/h7-8H,2-6H2,1H3,(H3,11,12)/t7-,8+/m0/s1. The van der Waals surface area contributed by atoms with E-state index in [0.717, 1.165) is 25.7 Å². The number of cyclic esters (lactones) is 1. The summed E-state index contributed by atoms with van der Waals surface area (Å²) in [6.07, 6.45) is 3.85. The summed E-state index contributed by atoms with van der Waals surface area (Å²) in [5.74, 6) is 0.615. The molecule has 0 bridgehead atoms. The fourth-order valence-corrected chi connectivity index (χ4v) is 2.26. The molecule has 1 aliphatic rings. The zero-order chi connectivity index (χ0) is 11.3. The lowest BCUT2D eigenvalue weighted by Crippen LogP contribution is -2.14. The molecular weight excluding hydrogens is 212 g/mol. The number of ether oxygens (including phenoxy) is 1. The van der Waals surface area contributed by atoms with Crippen LogP contribution in [-0.2, 0) is 9.53 Å². The van der Waals surface area contributed by atoms with Crippen LogP contribution in [0.4, 0.5) is 0 Å². The van der Waals surface area contributed by atoms with Gasteiger partial charge in [0.05, 0.1) is 5.92 Å². The van der Waals surface area contributed by atoms with Crippen molar-refractivity contribution in [2.24, 2.45) is 11.7 Å². The highest BCUT2D eigenvalue weighted by molar-refractivity contribution is 8.13. The first-order valence-corrected chi connectivity index (χ1v) is 6.29. The third-order valence-electron chi connectivity index (χ3n) is 2.49. The number of carbonyl (C=O) groups is 1. The van der Waals surface area contributed by atoms with Crippen LogP contribution < -0.4 is 5.73 Å². The molecule has 15 heavy (non-hydrogen) atoms. The first-order valence-electron chi connectivity index (χ1n) is 5.30. The van der Waals surface area contributed by atoms with Crippen molar-refractivity contribution in [1.29, 1.82) is 5.41 Å². The maximum Gasteiger partial charge on any atom is 0.309 e. The Balaban J connectivity index is 2.28. The fourth-order valence-electron chi connectivity index (χ4n) is 1.69. The molecule has 1 heterocycles. The van der Waals surface area contributed by atoms with Crippen LogP contribution >= 0.6 is 11.8 Å². The smallest absolute Gasteiger partial charge is 0.309 e. The molecule has 5 heteroatoms. The van der Waals surface area contributed by atoms with Gasteiger partial charge in [-0.15, -0.1) is 0 Å². The van der Waals surface area contributed by atoms with E-state index in [4.69, 9.17) is 15.9 Å². The summed E-state index contributed by atoms with van der Waals surface area (Å²) >= 11 is 1.24. The Morgan fingerprint density at radius 2 is 2.47 bits per heavy atom. The molecule has 0 unspecified atom stereocenters. The molecule has 1 saturated heterocycles. The second-order valence-electron chi connectivity index (χ2n) is 3.81. The number of unbranched alkanes of at least 4 members (excludes halogenated alkanes) is 1. The van der Waals surface area contributed by atoms with E-state index in [0.29, 0.717) is 5.75 Å². The maximum atomic E-state index is 11.4. The van der Waals surface area contributed by atoms with E-state index in [9.17, 15) is 4.79 Å². The van der Waals surface area contributed by atoms with E-state index < -0.39 is 0 Å². The Hall–Kier alpha value is -0.710. The molecule has 1 rings (SSSR count). The predicted octanol–water partition coefficient (Wildman–Crippen LogP) is 1.73. The number of thioether (sulfide) groups is 1. The van der Waals surface area contributed by atoms with Crippen molar-refractivity contribution < 1.29 is 9.53 Å². The Bertz CT molecular complexity index is 246. The Labute approximate surface area is 94.4 Å². The van der Waals surface area contributed by atoms with Crippen molar-refractivity contribution in [3.8, 4) is 0 Å². The minimum absolute atomic E-state index is 0.0479. The third kappa shape index (κ3) is 4.11. The number of esters is 1. The summed E-state index contributed by atoms with van der Waals surface area (Å²) in [7, 11) is 0. The largest absolute Gasteiger partial charge is 0.461 e. The van der Waals surface area contributed by atoms with Gasteiger partial charge in [-0.1, -0.05) is 31.5 Å². The van der Waals surface area contributed by atoms with Gasteiger partial charge < -0.3 is 10.5 Å². The molecule has 1 fully saturated rings. The second-order valence-corrected chi connectivity index (χ2v) is 4.87. The van der Waals surface area contributed by atoms with Gasteiger partial charge in [-0.2, -0.15) is 0 Å². The first-order chi connectivity index (χ1) is 7.13. The molecule has 0 spiro atoms. The van der Waals surface area contributed by atoms with Gasteiger partial charge in [0.15, 0.2) is 5.17 Å². The van der Waals surface area contributed by atoms with Gasteiger partial charge in [0.25, 0.3) is 0 Å². The Morgan fingerprint density at radius 1 is 1.73 bits per heavy atom. The zero-order valence-corrected chi connectivity index (χ0v) is 9.81. The molecule has 0 aliphatic carbocycles. The maximum absolute atomic E-state index is 11.4. The highest BCUT2D eigenvalue weighted by Crippen LogP contribution is 2.27. The summed E-state index contributed by atoms with van der Waals surface area (Å²) in [5, 5.41) is 7.16. The minimum Gasteiger partial charge on any atom is -0.461 e. The number of rotatable bonds is 5. The van der Waals surface area contributed by atoms with Crippen molar-refractivity contribution in [1.82, 2.24) is 0 Å². The molecule has 86 valence electrons. The summed E-state index contributed by atoms with van der Waals surface area (Å²) in [6.45, 7) is 2.11. The first kappa shape index (κ1) is 12.4. The van der Waals surface area contributed by atoms with E-state index in [1.165, 1.54) is 11.8 Å². The summed E-state index contributed by atoms with van der Waals surface area (Å²) in [5.41, 5.74) is 5.23. The average molecular weight is 230 g/mol. The molecule has 4 nitrogen and oxygen atoms in total. The van der Waals surface area contributed by atoms with Crippen molar-refractivity contribution in [2.75, 3.05) is 5.75 Å². The summed E-state index contributed by atoms with van der Waals surface area (Å²) < 4.78 is 5.21. The zero-order valence-electron chi connectivity index (χ0n) is 8.99. The van der Waals surface area contributed by atoms with Gasteiger partial charge in [-0.25, -0.2) is 0 Å².